The van der Waals surface area contributed by atoms with Crippen molar-refractivity contribution in [2.24, 2.45) is 0 Å². The van der Waals surface area contributed by atoms with Crippen LogP contribution in [0.3, 0.4) is 0 Å². The highest BCUT2D eigenvalue weighted by Gasteiger charge is 2.58. The summed E-state index contributed by atoms with van der Waals surface area (Å²) < 4.78 is 63.6. The molecular weight excluding hydrogens is 390 g/mol. The first-order valence-electron chi connectivity index (χ1n) is 8.52. The number of aliphatic hydroxyl groups is 1. The predicted octanol–water partition coefficient (Wildman–Crippen LogP) is 3.84. The molecule has 0 aliphatic heterocycles. The third-order valence-corrected chi connectivity index (χ3v) is 4.27. The third-order valence-electron chi connectivity index (χ3n) is 4.27. The lowest BCUT2D eigenvalue weighted by atomic mass is 9.91. The second-order valence-corrected chi connectivity index (χ2v) is 6.33. The number of halogens is 4. The standard InChI is InChI=1S/C20H17F4N3O2/c1-2-3-14-4-7-16(8-5-14)29-20(23,24)19(28,11-27-13-25-12-26-27)17-9-6-15(21)10-18(17)22/h2,4-10,12-13,28H,1,3,11H2. The molecular formula is C20H17F4N3O2. The molecule has 0 spiro atoms. The monoisotopic (exact) mass is 407 g/mol. The fourth-order valence-electron chi connectivity index (χ4n) is 2.80. The minimum atomic E-state index is -4.31. The van der Waals surface area contributed by atoms with E-state index in [1.54, 1.807) is 18.2 Å². The Labute approximate surface area is 163 Å². The van der Waals surface area contributed by atoms with E-state index >= 15 is 8.78 Å². The smallest absolute Gasteiger partial charge is 0.430 e. The van der Waals surface area contributed by atoms with Gasteiger partial charge < -0.3 is 9.84 Å². The van der Waals surface area contributed by atoms with Crippen LogP contribution in [0.5, 0.6) is 5.75 Å². The van der Waals surface area contributed by atoms with Gasteiger partial charge in [-0.2, -0.15) is 13.9 Å². The first-order chi connectivity index (χ1) is 13.7. The molecule has 0 radical (unpaired) electrons. The van der Waals surface area contributed by atoms with E-state index in [0.29, 0.717) is 12.5 Å². The molecule has 1 heterocycles. The summed E-state index contributed by atoms with van der Waals surface area (Å²) in [5, 5.41) is 14.6. The summed E-state index contributed by atoms with van der Waals surface area (Å²) in [6.45, 7) is 2.70. The maximum Gasteiger partial charge on any atom is 0.433 e. The van der Waals surface area contributed by atoms with Gasteiger partial charge in [0.1, 0.15) is 30.0 Å². The SMILES string of the molecule is C=CCc1ccc(OC(F)(F)C(O)(Cn2cncn2)c2ccc(F)cc2F)cc1. The van der Waals surface area contributed by atoms with Crippen LogP contribution in [-0.2, 0) is 18.6 Å². The van der Waals surface area contributed by atoms with Crippen molar-refractivity contribution >= 4 is 0 Å². The molecule has 0 saturated carbocycles. The van der Waals surface area contributed by atoms with Crippen LogP contribution in [0.2, 0.25) is 0 Å². The Balaban J connectivity index is 2.00. The van der Waals surface area contributed by atoms with E-state index in [1.807, 2.05) is 0 Å². The second kappa shape index (κ2) is 8.04. The van der Waals surface area contributed by atoms with Crippen molar-refractivity contribution in [3.63, 3.8) is 0 Å². The summed E-state index contributed by atoms with van der Waals surface area (Å²) in [4.78, 5) is 3.62. The molecule has 0 aliphatic rings. The van der Waals surface area contributed by atoms with Crippen molar-refractivity contribution < 1.29 is 27.4 Å². The Morgan fingerprint density at radius 3 is 2.45 bits per heavy atom. The zero-order valence-corrected chi connectivity index (χ0v) is 15.1. The average molecular weight is 407 g/mol. The Morgan fingerprint density at radius 2 is 1.86 bits per heavy atom. The highest BCUT2D eigenvalue weighted by molar-refractivity contribution is 5.31. The van der Waals surface area contributed by atoms with Crippen LogP contribution in [0.15, 0.2) is 67.8 Å². The van der Waals surface area contributed by atoms with E-state index in [2.05, 4.69) is 16.7 Å². The number of allylic oxidation sites excluding steroid dienone is 1. The van der Waals surface area contributed by atoms with Crippen molar-refractivity contribution in [1.82, 2.24) is 14.8 Å². The molecule has 1 aromatic heterocycles. The first kappa shape index (κ1) is 20.5. The molecule has 3 rings (SSSR count). The van der Waals surface area contributed by atoms with E-state index in [4.69, 9.17) is 4.74 Å². The van der Waals surface area contributed by atoms with Gasteiger partial charge in [0.2, 0.25) is 5.60 Å². The zero-order valence-electron chi connectivity index (χ0n) is 15.1. The minimum absolute atomic E-state index is 0.248. The summed E-state index contributed by atoms with van der Waals surface area (Å²) >= 11 is 0. The van der Waals surface area contributed by atoms with Crippen molar-refractivity contribution in [3.8, 4) is 5.75 Å². The lowest BCUT2D eigenvalue weighted by Gasteiger charge is -2.35. The molecule has 1 N–H and O–H groups in total. The number of hydrogen-bond acceptors (Lipinski definition) is 4. The summed E-state index contributed by atoms with van der Waals surface area (Å²) in [5.74, 6) is -2.57. The van der Waals surface area contributed by atoms with Gasteiger partial charge in [-0.05, 0) is 36.2 Å². The molecule has 1 unspecified atom stereocenters. The first-order valence-corrected chi connectivity index (χ1v) is 8.52. The maximum absolute atomic E-state index is 15.2. The van der Waals surface area contributed by atoms with Crippen LogP contribution in [0, 0.1) is 11.6 Å². The van der Waals surface area contributed by atoms with Gasteiger partial charge in [-0.1, -0.05) is 18.2 Å². The van der Waals surface area contributed by atoms with Crippen molar-refractivity contribution in [2.75, 3.05) is 0 Å². The number of alkyl halides is 2. The van der Waals surface area contributed by atoms with Gasteiger partial charge in [-0.25, -0.2) is 18.4 Å². The number of benzene rings is 2. The van der Waals surface area contributed by atoms with Gasteiger partial charge in [-0.15, -0.1) is 6.58 Å². The molecule has 152 valence electrons. The van der Waals surface area contributed by atoms with Gasteiger partial charge in [0.15, 0.2) is 0 Å². The quantitative estimate of drug-likeness (QED) is 0.455. The molecule has 0 amide bonds. The average Bonchev–Trinajstić information content (AvgIpc) is 3.16. The molecule has 0 aliphatic carbocycles. The Hall–Kier alpha value is -3.20. The van der Waals surface area contributed by atoms with Crippen LogP contribution in [0.1, 0.15) is 11.1 Å². The van der Waals surface area contributed by atoms with E-state index in [-0.39, 0.29) is 5.75 Å². The maximum atomic E-state index is 15.2. The molecule has 5 nitrogen and oxygen atoms in total. The number of ether oxygens (including phenoxy) is 1. The molecule has 9 heteroatoms. The van der Waals surface area contributed by atoms with Crippen LogP contribution in [0.25, 0.3) is 0 Å². The van der Waals surface area contributed by atoms with E-state index in [9.17, 15) is 13.9 Å². The molecule has 0 bridgehead atoms. The predicted molar refractivity (Wildman–Crippen MR) is 96.2 cm³/mol. The largest absolute Gasteiger partial charge is 0.433 e. The number of nitrogens with zero attached hydrogens (tertiary/aromatic N) is 3. The third kappa shape index (κ3) is 4.29. The van der Waals surface area contributed by atoms with Gasteiger partial charge in [-0.3, -0.25) is 0 Å². The van der Waals surface area contributed by atoms with Gasteiger partial charge in [0, 0.05) is 11.6 Å². The summed E-state index contributed by atoms with van der Waals surface area (Å²) in [7, 11) is 0. The van der Waals surface area contributed by atoms with Gasteiger partial charge in [0.25, 0.3) is 0 Å². The Morgan fingerprint density at radius 1 is 1.14 bits per heavy atom. The second-order valence-electron chi connectivity index (χ2n) is 6.33. The van der Waals surface area contributed by atoms with E-state index in [0.717, 1.165) is 35.0 Å². The van der Waals surface area contributed by atoms with Crippen molar-refractivity contribution in [2.45, 2.75) is 24.7 Å². The molecule has 1 atom stereocenters. The van der Waals surface area contributed by atoms with E-state index in [1.165, 1.54) is 12.1 Å². The lowest BCUT2D eigenvalue weighted by Crippen LogP contribution is -2.52. The zero-order chi connectivity index (χ0) is 21.1. The van der Waals surface area contributed by atoms with Crippen molar-refractivity contribution in [3.05, 3.63) is 90.5 Å². The van der Waals surface area contributed by atoms with Crippen LogP contribution in [-0.4, -0.2) is 26.0 Å². The van der Waals surface area contributed by atoms with Crippen molar-refractivity contribution in [1.29, 1.82) is 0 Å². The molecule has 0 fully saturated rings. The normalized spacial score (nSPS) is 13.7. The molecule has 3 aromatic rings. The Bertz CT molecular complexity index is 978. The van der Waals surface area contributed by atoms with Crippen LogP contribution in [0.4, 0.5) is 17.6 Å². The number of rotatable bonds is 8. The fraction of sp³-hybridized carbons (Fsp3) is 0.200. The fourth-order valence-corrected chi connectivity index (χ4v) is 2.80. The van der Waals surface area contributed by atoms with Crippen LogP contribution < -0.4 is 4.74 Å². The minimum Gasteiger partial charge on any atom is -0.430 e. The summed E-state index contributed by atoms with van der Waals surface area (Å²) in [6, 6.07) is 7.62. The van der Waals surface area contributed by atoms with Gasteiger partial charge >= 0.3 is 6.11 Å². The lowest BCUT2D eigenvalue weighted by molar-refractivity contribution is -0.301. The topological polar surface area (TPSA) is 60.2 Å². The van der Waals surface area contributed by atoms with Crippen LogP contribution >= 0.6 is 0 Å². The number of hydrogen-bond donors (Lipinski definition) is 1. The molecule has 29 heavy (non-hydrogen) atoms. The summed E-state index contributed by atoms with van der Waals surface area (Å²) in [5.41, 5.74) is -3.24. The highest BCUT2D eigenvalue weighted by Crippen LogP contribution is 2.41. The van der Waals surface area contributed by atoms with Gasteiger partial charge in [0.05, 0.1) is 6.54 Å². The molecule has 2 aromatic carbocycles. The number of aromatic nitrogens is 3. The Kier molecular flexibility index (Phi) is 5.69. The summed E-state index contributed by atoms with van der Waals surface area (Å²) in [6.07, 6.45) is 0.0231. The highest BCUT2D eigenvalue weighted by atomic mass is 19.3. The van der Waals surface area contributed by atoms with E-state index < -0.39 is 35.5 Å². The molecule has 0 saturated heterocycles.